The molecule has 0 aliphatic heterocycles. The summed E-state index contributed by atoms with van der Waals surface area (Å²) >= 11 is 0. The van der Waals surface area contributed by atoms with E-state index in [0.29, 0.717) is 0 Å². The second-order valence-electron chi connectivity index (χ2n) is 17.7. The first-order valence-corrected chi connectivity index (χ1v) is 20.9. The number of hydrogen-bond donors (Lipinski definition) is 0. The molecule has 8 rings (SSSR count). The van der Waals surface area contributed by atoms with Crippen molar-refractivity contribution in [3.05, 3.63) is 199 Å². The quantitative estimate of drug-likeness (QED) is 0.131. The average Bonchev–Trinajstić information content (AvgIpc) is 3.38. The largest absolute Gasteiger partial charge is 0.0587 e. The predicted octanol–water partition coefficient (Wildman–Crippen LogP) is 14.7. The van der Waals surface area contributed by atoms with Crippen molar-refractivity contribution in [1.82, 2.24) is 0 Å². The van der Waals surface area contributed by atoms with Gasteiger partial charge in [0.1, 0.15) is 0 Å². The fourth-order valence-corrected chi connectivity index (χ4v) is 10.1. The van der Waals surface area contributed by atoms with Crippen molar-refractivity contribution in [2.75, 3.05) is 0 Å². The summed E-state index contributed by atoms with van der Waals surface area (Å²) in [5.74, 6) is 0. The second-order valence-corrected chi connectivity index (χ2v) is 17.7. The van der Waals surface area contributed by atoms with Crippen LogP contribution in [0.2, 0.25) is 0 Å². The number of aryl methyl sites for hydroxylation is 12. The van der Waals surface area contributed by atoms with E-state index in [0.717, 1.165) is 38.5 Å². The minimum absolute atomic E-state index is 0.245. The number of benzene rings is 7. The molecule has 0 spiro atoms. The van der Waals surface area contributed by atoms with Crippen LogP contribution < -0.4 is 0 Å². The van der Waals surface area contributed by atoms with Gasteiger partial charge in [0, 0.05) is 5.41 Å². The molecule has 7 aromatic carbocycles. The predicted molar refractivity (Wildman–Crippen MR) is 242 cm³/mol. The van der Waals surface area contributed by atoms with Crippen LogP contribution >= 0.6 is 0 Å². The highest BCUT2D eigenvalue weighted by molar-refractivity contribution is 5.94. The lowest BCUT2D eigenvalue weighted by atomic mass is 9.73. The monoisotopic (exact) mass is 730 g/mol. The van der Waals surface area contributed by atoms with Gasteiger partial charge in [-0.15, -0.1) is 0 Å². The zero-order chi connectivity index (χ0) is 39.3. The molecule has 0 heteroatoms. The zero-order valence-corrected chi connectivity index (χ0v) is 35.2. The molecule has 0 heterocycles. The van der Waals surface area contributed by atoms with Gasteiger partial charge in [0.15, 0.2) is 0 Å². The Balaban J connectivity index is 1.24. The normalized spacial score (nSPS) is 14.7. The van der Waals surface area contributed by atoms with Gasteiger partial charge in [-0.2, -0.15) is 0 Å². The summed E-state index contributed by atoms with van der Waals surface area (Å²) in [5.41, 5.74) is 25.9. The first-order valence-electron chi connectivity index (χ1n) is 20.9. The first kappa shape index (κ1) is 37.7. The Morgan fingerprint density at radius 3 is 1.39 bits per heavy atom. The minimum Gasteiger partial charge on any atom is -0.0587 e. The average molecular weight is 731 g/mol. The summed E-state index contributed by atoms with van der Waals surface area (Å²) in [4.78, 5) is 0. The third kappa shape index (κ3) is 7.39. The van der Waals surface area contributed by atoms with E-state index in [-0.39, 0.29) is 5.41 Å². The maximum Gasteiger partial charge on any atom is 0.0436 e. The molecule has 0 N–H and O–H groups in total. The van der Waals surface area contributed by atoms with Gasteiger partial charge in [0.2, 0.25) is 0 Å². The molecule has 0 bridgehead atoms. The van der Waals surface area contributed by atoms with Crippen LogP contribution in [0, 0.1) is 55.4 Å². The van der Waals surface area contributed by atoms with E-state index in [1.54, 1.807) is 0 Å². The molecule has 0 saturated heterocycles. The van der Waals surface area contributed by atoms with E-state index in [2.05, 4.69) is 178 Å². The Bertz CT molecular complexity index is 2570. The molecule has 0 fully saturated rings. The van der Waals surface area contributed by atoms with Crippen molar-refractivity contribution in [2.24, 2.45) is 0 Å². The first-order chi connectivity index (χ1) is 26.8. The zero-order valence-electron chi connectivity index (χ0n) is 35.2. The number of hydrogen-bond acceptors (Lipinski definition) is 0. The summed E-state index contributed by atoms with van der Waals surface area (Å²) in [7, 11) is 0. The Hall–Kier alpha value is -5.20. The third-order valence-corrected chi connectivity index (χ3v) is 12.5. The van der Waals surface area contributed by atoms with Crippen LogP contribution in [-0.2, 0) is 31.1 Å². The molecule has 0 saturated carbocycles. The van der Waals surface area contributed by atoms with Crippen molar-refractivity contribution in [3.63, 3.8) is 0 Å². The molecular formula is C56H58. The molecular weight excluding hydrogens is 673 g/mol. The van der Waals surface area contributed by atoms with Crippen LogP contribution in [-0.4, -0.2) is 0 Å². The van der Waals surface area contributed by atoms with Gasteiger partial charge in [0.25, 0.3) is 0 Å². The van der Waals surface area contributed by atoms with Crippen molar-refractivity contribution in [2.45, 2.75) is 106 Å². The minimum atomic E-state index is -0.245. The van der Waals surface area contributed by atoms with Crippen LogP contribution in [0.15, 0.2) is 115 Å². The van der Waals surface area contributed by atoms with Crippen LogP contribution in [0.1, 0.15) is 103 Å². The maximum atomic E-state index is 2.54. The molecule has 0 aromatic heterocycles. The summed E-state index contributed by atoms with van der Waals surface area (Å²) in [6, 6.07) is 45.6. The molecule has 282 valence electrons. The Kier molecular flexibility index (Phi) is 10.1. The SMILES string of the molecule is Cc1cc(C)cc(CCCc2cc(-c3ccc4c(c3)C(C)(c3cc(C)cc(C)c3)c3cc(C)ccc3-4)cc3c(CCCc4cc(C)cc(C)c4)cc(C)cc23)c1. The van der Waals surface area contributed by atoms with E-state index in [1.807, 2.05) is 0 Å². The lowest BCUT2D eigenvalue weighted by Gasteiger charge is -2.30. The number of fused-ring (bicyclic) bond motifs is 4. The highest BCUT2D eigenvalue weighted by atomic mass is 14.4. The molecule has 0 nitrogen and oxygen atoms in total. The lowest BCUT2D eigenvalue weighted by molar-refractivity contribution is 0.711. The standard InChI is InChI=1S/C56H58/c1-35-16-18-50-51-19-17-45(34-55(51)56(9,54(50)31-35)49-28-40(6)22-41(7)29-49)48-32-47(15-11-13-44-25-38(4)21-39(5)26-44)52-30-42(8)27-46(53(52)33-48)14-10-12-43-23-36(2)20-37(3)24-43/h16-34H,10-15H2,1-9H3. The second kappa shape index (κ2) is 15.0. The Labute approximate surface area is 336 Å². The smallest absolute Gasteiger partial charge is 0.0436 e. The van der Waals surface area contributed by atoms with Gasteiger partial charge in [-0.25, -0.2) is 0 Å². The van der Waals surface area contributed by atoms with Gasteiger partial charge < -0.3 is 0 Å². The fraction of sp³-hybridized carbons (Fsp3) is 0.286. The van der Waals surface area contributed by atoms with E-state index >= 15 is 0 Å². The molecule has 1 unspecified atom stereocenters. The molecule has 1 aliphatic carbocycles. The maximum absolute atomic E-state index is 2.54. The van der Waals surface area contributed by atoms with Gasteiger partial charge in [-0.1, -0.05) is 148 Å². The van der Waals surface area contributed by atoms with Crippen molar-refractivity contribution in [1.29, 1.82) is 0 Å². The van der Waals surface area contributed by atoms with Crippen LogP contribution in [0.5, 0.6) is 0 Å². The molecule has 1 aliphatic rings. The lowest BCUT2D eigenvalue weighted by Crippen LogP contribution is -2.23. The summed E-state index contributed by atoms with van der Waals surface area (Å²) in [6.07, 6.45) is 6.58. The third-order valence-electron chi connectivity index (χ3n) is 12.5. The van der Waals surface area contributed by atoms with Gasteiger partial charge in [0.05, 0.1) is 0 Å². The van der Waals surface area contributed by atoms with Crippen LogP contribution in [0.3, 0.4) is 0 Å². The van der Waals surface area contributed by atoms with Crippen LogP contribution in [0.25, 0.3) is 33.0 Å². The van der Waals surface area contributed by atoms with Crippen molar-refractivity contribution >= 4 is 10.8 Å². The van der Waals surface area contributed by atoms with Crippen LogP contribution in [0.4, 0.5) is 0 Å². The summed E-state index contributed by atoms with van der Waals surface area (Å²) < 4.78 is 0. The summed E-state index contributed by atoms with van der Waals surface area (Å²) in [6.45, 7) is 20.3. The van der Waals surface area contributed by atoms with E-state index < -0.39 is 0 Å². The molecule has 1 atom stereocenters. The molecule has 7 aromatic rings. The van der Waals surface area contributed by atoms with Gasteiger partial charge in [-0.05, 0) is 185 Å². The highest BCUT2D eigenvalue weighted by Crippen LogP contribution is 2.54. The Morgan fingerprint density at radius 2 is 0.821 bits per heavy atom. The molecule has 56 heavy (non-hydrogen) atoms. The highest BCUT2D eigenvalue weighted by Gasteiger charge is 2.41. The van der Waals surface area contributed by atoms with Gasteiger partial charge in [-0.3, -0.25) is 0 Å². The Morgan fingerprint density at radius 1 is 0.357 bits per heavy atom. The van der Waals surface area contributed by atoms with E-state index in [1.165, 1.54) is 116 Å². The number of rotatable bonds is 10. The van der Waals surface area contributed by atoms with Crippen molar-refractivity contribution < 1.29 is 0 Å². The van der Waals surface area contributed by atoms with Crippen molar-refractivity contribution in [3.8, 4) is 22.3 Å². The van der Waals surface area contributed by atoms with E-state index in [4.69, 9.17) is 0 Å². The van der Waals surface area contributed by atoms with Gasteiger partial charge >= 0.3 is 0 Å². The topological polar surface area (TPSA) is 0 Å². The molecule has 0 amide bonds. The summed E-state index contributed by atoms with van der Waals surface area (Å²) in [5, 5.41) is 2.85. The van der Waals surface area contributed by atoms with E-state index in [9.17, 15) is 0 Å². The molecule has 0 radical (unpaired) electrons. The fourth-order valence-electron chi connectivity index (χ4n) is 10.1.